The largest absolute Gasteiger partial charge is 0.321 e. The van der Waals surface area contributed by atoms with Crippen LogP contribution >= 0.6 is 23.2 Å². The van der Waals surface area contributed by atoms with Crippen molar-refractivity contribution in [3.8, 4) is 0 Å². The molecule has 3 rings (SSSR count). The molecular weight excluding hydrogens is 300 g/mol. The molecule has 2 aromatic rings. The number of anilines is 1. The lowest BCUT2D eigenvalue weighted by Gasteiger charge is -2.01. The van der Waals surface area contributed by atoms with Gasteiger partial charge in [0.05, 0.1) is 10.7 Å². The van der Waals surface area contributed by atoms with Gasteiger partial charge < -0.3 is 5.32 Å². The van der Waals surface area contributed by atoms with Crippen molar-refractivity contribution in [2.24, 2.45) is 0 Å². The van der Waals surface area contributed by atoms with E-state index in [0.717, 1.165) is 5.56 Å². The zero-order valence-corrected chi connectivity index (χ0v) is 11.6. The summed E-state index contributed by atoms with van der Waals surface area (Å²) in [7, 11) is 0. The summed E-state index contributed by atoms with van der Waals surface area (Å²) < 4.78 is 13.6. The van der Waals surface area contributed by atoms with Crippen molar-refractivity contribution in [2.45, 2.75) is 0 Å². The molecule has 0 saturated heterocycles. The summed E-state index contributed by atoms with van der Waals surface area (Å²) in [5.41, 5.74) is 2.16. The summed E-state index contributed by atoms with van der Waals surface area (Å²) in [4.78, 5) is 12.0. The van der Waals surface area contributed by atoms with Crippen LogP contribution in [0.3, 0.4) is 0 Å². The molecule has 5 heteroatoms. The molecule has 0 bridgehead atoms. The molecule has 1 N–H and O–H groups in total. The Kier molecular flexibility index (Phi) is 3.24. The minimum absolute atomic E-state index is 0.0203. The number of carbonyl (C=O) groups is 1. The molecule has 0 spiro atoms. The Labute approximate surface area is 124 Å². The minimum atomic E-state index is -0.557. The van der Waals surface area contributed by atoms with Crippen molar-refractivity contribution >= 4 is 46.4 Å². The van der Waals surface area contributed by atoms with E-state index in [1.807, 2.05) is 6.07 Å². The summed E-state index contributed by atoms with van der Waals surface area (Å²) in [5.74, 6) is -0.847. The van der Waals surface area contributed by atoms with Gasteiger partial charge in [-0.15, -0.1) is 0 Å². The van der Waals surface area contributed by atoms with E-state index in [1.165, 1.54) is 12.1 Å². The number of carbonyl (C=O) groups excluding carboxylic acids is 1. The van der Waals surface area contributed by atoms with E-state index in [-0.39, 0.29) is 10.9 Å². The number of hydrogen-bond acceptors (Lipinski definition) is 1. The lowest BCUT2D eigenvalue weighted by molar-refractivity contribution is -0.110. The fourth-order valence-electron chi connectivity index (χ4n) is 2.09. The number of rotatable bonds is 1. The highest BCUT2D eigenvalue weighted by atomic mass is 35.5. The van der Waals surface area contributed by atoms with Crippen LogP contribution < -0.4 is 5.32 Å². The smallest absolute Gasteiger partial charge is 0.256 e. The first-order chi connectivity index (χ1) is 9.54. The van der Waals surface area contributed by atoms with Crippen molar-refractivity contribution in [3.63, 3.8) is 0 Å². The van der Waals surface area contributed by atoms with E-state index in [4.69, 9.17) is 23.2 Å². The highest BCUT2D eigenvalue weighted by Crippen LogP contribution is 2.36. The third-order valence-electron chi connectivity index (χ3n) is 3.00. The first-order valence-corrected chi connectivity index (χ1v) is 6.58. The van der Waals surface area contributed by atoms with Gasteiger partial charge in [-0.1, -0.05) is 35.3 Å². The standard InChI is InChI=1S/C15H8Cl2FNO/c16-9-3-1-2-8(4-9)5-11-10-6-13(18)12(17)7-14(10)19-15(11)20/h1-7H,(H,19,20). The molecule has 0 saturated carbocycles. The molecule has 20 heavy (non-hydrogen) atoms. The average Bonchev–Trinajstić information content (AvgIpc) is 2.67. The predicted molar refractivity (Wildman–Crippen MR) is 79.4 cm³/mol. The summed E-state index contributed by atoms with van der Waals surface area (Å²) in [5, 5.41) is 3.21. The zero-order chi connectivity index (χ0) is 14.3. The van der Waals surface area contributed by atoms with Crippen molar-refractivity contribution in [2.75, 3.05) is 5.32 Å². The van der Waals surface area contributed by atoms with Crippen LogP contribution in [0, 0.1) is 5.82 Å². The molecule has 0 atom stereocenters. The minimum Gasteiger partial charge on any atom is -0.321 e. The van der Waals surface area contributed by atoms with Crippen LogP contribution in [0.5, 0.6) is 0 Å². The second-order valence-electron chi connectivity index (χ2n) is 4.38. The molecule has 0 aliphatic carbocycles. The lowest BCUT2D eigenvalue weighted by atomic mass is 10.0. The van der Waals surface area contributed by atoms with Gasteiger partial charge >= 0.3 is 0 Å². The molecule has 0 aromatic heterocycles. The Hall–Kier alpha value is -1.84. The molecule has 0 unspecified atom stereocenters. The SMILES string of the molecule is O=C1Nc2cc(Cl)c(F)cc2C1=Cc1cccc(Cl)c1. The number of benzene rings is 2. The summed E-state index contributed by atoms with van der Waals surface area (Å²) in [6.45, 7) is 0. The molecule has 1 aliphatic rings. The van der Waals surface area contributed by atoms with Gasteiger partial charge in [-0.3, -0.25) is 4.79 Å². The van der Waals surface area contributed by atoms with Gasteiger partial charge in [-0.2, -0.15) is 0 Å². The first-order valence-electron chi connectivity index (χ1n) is 5.82. The molecule has 2 nitrogen and oxygen atoms in total. The molecule has 0 radical (unpaired) electrons. The molecule has 1 heterocycles. The van der Waals surface area contributed by atoms with Crippen LogP contribution in [0.25, 0.3) is 11.6 Å². The highest BCUT2D eigenvalue weighted by molar-refractivity contribution is 6.36. The fraction of sp³-hybridized carbons (Fsp3) is 0. The topological polar surface area (TPSA) is 29.1 Å². The third-order valence-corrected chi connectivity index (χ3v) is 3.53. The van der Waals surface area contributed by atoms with Crippen LogP contribution in [-0.4, -0.2) is 5.91 Å². The number of fused-ring (bicyclic) bond motifs is 1. The van der Waals surface area contributed by atoms with Crippen molar-refractivity contribution < 1.29 is 9.18 Å². The maximum Gasteiger partial charge on any atom is 0.256 e. The van der Waals surface area contributed by atoms with Crippen LogP contribution in [-0.2, 0) is 4.79 Å². The van der Waals surface area contributed by atoms with E-state index in [9.17, 15) is 9.18 Å². The number of amides is 1. The van der Waals surface area contributed by atoms with Gasteiger partial charge in [0.15, 0.2) is 0 Å². The molecule has 0 fully saturated rings. The van der Waals surface area contributed by atoms with E-state index >= 15 is 0 Å². The molecule has 1 amide bonds. The third kappa shape index (κ3) is 2.30. The van der Waals surface area contributed by atoms with Crippen LogP contribution in [0.4, 0.5) is 10.1 Å². The average molecular weight is 308 g/mol. The quantitative estimate of drug-likeness (QED) is 0.765. The number of halogens is 3. The second-order valence-corrected chi connectivity index (χ2v) is 5.22. The summed E-state index contributed by atoms with van der Waals surface area (Å²) in [6, 6.07) is 9.73. The Morgan fingerprint density at radius 3 is 2.70 bits per heavy atom. The maximum atomic E-state index is 13.6. The van der Waals surface area contributed by atoms with Crippen molar-refractivity contribution in [1.82, 2.24) is 0 Å². The number of nitrogens with one attached hydrogen (secondary N) is 1. The summed E-state index contributed by atoms with van der Waals surface area (Å²) >= 11 is 11.6. The van der Waals surface area contributed by atoms with Gasteiger partial charge in [-0.25, -0.2) is 4.39 Å². The maximum absolute atomic E-state index is 13.6. The Bertz CT molecular complexity index is 756. The molecular formula is C15H8Cl2FNO. The van der Waals surface area contributed by atoms with E-state index in [1.54, 1.807) is 24.3 Å². The zero-order valence-electron chi connectivity index (χ0n) is 10.1. The monoisotopic (exact) mass is 307 g/mol. The molecule has 2 aromatic carbocycles. The van der Waals surface area contributed by atoms with Crippen LogP contribution in [0.15, 0.2) is 36.4 Å². The first kappa shape index (κ1) is 13.2. The normalized spacial score (nSPS) is 15.3. The number of hydrogen-bond donors (Lipinski definition) is 1. The molecule has 100 valence electrons. The van der Waals surface area contributed by atoms with E-state index in [2.05, 4.69) is 5.32 Å². The van der Waals surface area contributed by atoms with Crippen LogP contribution in [0.1, 0.15) is 11.1 Å². The fourth-order valence-corrected chi connectivity index (χ4v) is 2.45. The van der Waals surface area contributed by atoms with Gasteiger partial charge in [0.1, 0.15) is 5.82 Å². The van der Waals surface area contributed by atoms with Crippen molar-refractivity contribution in [1.29, 1.82) is 0 Å². The van der Waals surface area contributed by atoms with Gasteiger partial charge in [-0.05, 0) is 35.9 Å². The highest BCUT2D eigenvalue weighted by Gasteiger charge is 2.25. The lowest BCUT2D eigenvalue weighted by Crippen LogP contribution is -2.03. The van der Waals surface area contributed by atoms with Gasteiger partial charge in [0.25, 0.3) is 5.91 Å². The molecule has 1 aliphatic heterocycles. The van der Waals surface area contributed by atoms with E-state index < -0.39 is 5.82 Å². The van der Waals surface area contributed by atoms with E-state index in [0.29, 0.717) is 21.8 Å². The van der Waals surface area contributed by atoms with Crippen molar-refractivity contribution in [3.05, 3.63) is 63.4 Å². The Morgan fingerprint density at radius 2 is 1.95 bits per heavy atom. The Morgan fingerprint density at radius 1 is 1.15 bits per heavy atom. The van der Waals surface area contributed by atoms with Gasteiger partial charge in [0, 0.05) is 16.2 Å². The second kappa shape index (κ2) is 4.93. The van der Waals surface area contributed by atoms with Crippen LogP contribution in [0.2, 0.25) is 10.0 Å². The van der Waals surface area contributed by atoms with Gasteiger partial charge in [0.2, 0.25) is 0 Å². The summed E-state index contributed by atoms with van der Waals surface area (Å²) in [6.07, 6.45) is 1.67. The Balaban J connectivity index is 2.12. The predicted octanol–water partition coefficient (Wildman–Crippen LogP) is 4.63.